The predicted molar refractivity (Wildman–Crippen MR) is 42.6 cm³/mol. The van der Waals surface area contributed by atoms with Gasteiger partial charge in [-0.3, -0.25) is 10.0 Å². The third-order valence-electron chi connectivity index (χ3n) is 3.00. The molecule has 2 unspecified atom stereocenters. The average Bonchev–Trinajstić information content (AvgIpc) is 2.84. The first-order valence-electron chi connectivity index (χ1n) is 4.45. The highest BCUT2D eigenvalue weighted by atomic mass is 16.5. The van der Waals surface area contributed by atoms with E-state index in [1.165, 1.54) is 6.42 Å². The summed E-state index contributed by atoms with van der Waals surface area (Å²) in [5.41, 5.74) is 1.99. The fourth-order valence-corrected chi connectivity index (χ4v) is 2.12. The lowest BCUT2D eigenvalue weighted by Crippen LogP contribution is -2.35. The second-order valence-electron chi connectivity index (χ2n) is 3.90. The Morgan fingerprint density at radius 3 is 3.00 bits per heavy atom. The Hall–Kier alpha value is -0.610. The van der Waals surface area contributed by atoms with Crippen molar-refractivity contribution in [1.82, 2.24) is 10.8 Å². The molecule has 0 aromatic heterocycles. The van der Waals surface area contributed by atoms with E-state index < -0.39 is 0 Å². The average molecular weight is 170 g/mol. The van der Waals surface area contributed by atoms with E-state index in [4.69, 9.17) is 5.21 Å². The Morgan fingerprint density at radius 2 is 2.42 bits per heavy atom. The SMILES string of the molecule is O=C(NO)C1CCCC2(CN2)C1. The van der Waals surface area contributed by atoms with Crippen LogP contribution in [0.15, 0.2) is 0 Å². The Labute approximate surface area is 71.3 Å². The Morgan fingerprint density at radius 1 is 1.67 bits per heavy atom. The highest BCUT2D eigenvalue weighted by Gasteiger charge is 2.46. The van der Waals surface area contributed by atoms with E-state index in [9.17, 15) is 4.79 Å². The lowest BCUT2D eigenvalue weighted by Gasteiger charge is -2.26. The summed E-state index contributed by atoms with van der Waals surface area (Å²) in [6.45, 7) is 1.04. The molecule has 1 spiro atoms. The van der Waals surface area contributed by atoms with E-state index in [0.717, 1.165) is 25.8 Å². The number of carbonyl (C=O) groups excluding carboxylic acids is 1. The number of hydrogen-bond acceptors (Lipinski definition) is 3. The number of rotatable bonds is 1. The van der Waals surface area contributed by atoms with E-state index in [1.54, 1.807) is 5.48 Å². The number of hydrogen-bond donors (Lipinski definition) is 3. The first-order chi connectivity index (χ1) is 5.76. The zero-order valence-corrected chi connectivity index (χ0v) is 6.97. The minimum atomic E-state index is -0.220. The standard InChI is InChI=1S/C8H14N2O2/c11-7(10-12)6-2-1-3-8(4-6)5-9-8/h6,9,12H,1-5H2,(H,10,11). The van der Waals surface area contributed by atoms with Crippen LogP contribution in [-0.2, 0) is 4.79 Å². The molecule has 0 radical (unpaired) electrons. The number of carbonyl (C=O) groups is 1. The molecule has 1 aliphatic carbocycles. The van der Waals surface area contributed by atoms with E-state index in [0.29, 0.717) is 0 Å². The van der Waals surface area contributed by atoms with Gasteiger partial charge in [-0.2, -0.15) is 0 Å². The first-order valence-corrected chi connectivity index (χ1v) is 4.45. The second kappa shape index (κ2) is 2.71. The maximum absolute atomic E-state index is 11.1. The van der Waals surface area contributed by atoms with E-state index >= 15 is 0 Å². The van der Waals surface area contributed by atoms with E-state index in [-0.39, 0.29) is 17.4 Å². The van der Waals surface area contributed by atoms with Crippen LogP contribution in [0.25, 0.3) is 0 Å². The van der Waals surface area contributed by atoms with Crippen LogP contribution >= 0.6 is 0 Å². The maximum Gasteiger partial charge on any atom is 0.246 e. The van der Waals surface area contributed by atoms with Gasteiger partial charge in [0.1, 0.15) is 0 Å². The van der Waals surface area contributed by atoms with Crippen molar-refractivity contribution in [1.29, 1.82) is 0 Å². The quantitative estimate of drug-likeness (QED) is 0.295. The summed E-state index contributed by atoms with van der Waals surface area (Å²) >= 11 is 0. The molecule has 0 bridgehead atoms. The van der Waals surface area contributed by atoms with Gasteiger partial charge in [0.25, 0.3) is 0 Å². The summed E-state index contributed by atoms with van der Waals surface area (Å²) in [6.07, 6.45) is 4.07. The molecular weight excluding hydrogens is 156 g/mol. The van der Waals surface area contributed by atoms with Gasteiger partial charge in [0.05, 0.1) is 0 Å². The molecule has 1 saturated carbocycles. The van der Waals surface area contributed by atoms with Crippen LogP contribution in [0, 0.1) is 5.92 Å². The summed E-state index contributed by atoms with van der Waals surface area (Å²) in [5.74, 6) is -0.207. The number of amides is 1. The van der Waals surface area contributed by atoms with Crippen molar-refractivity contribution < 1.29 is 10.0 Å². The van der Waals surface area contributed by atoms with Crippen molar-refractivity contribution in [3.05, 3.63) is 0 Å². The smallest absolute Gasteiger partial charge is 0.246 e. The minimum Gasteiger partial charge on any atom is -0.308 e. The molecule has 0 aromatic carbocycles. The van der Waals surface area contributed by atoms with Gasteiger partial charge in [0, 0.05) is 18.0 Å². The predicted octanol–water partition coefficient (Wildman–Crippen LogP) is 0.0240. The van der Waals surface area contributed by atoms with Crippen LogP contribution in [0.5, 0.6) is 0 Å². The molecule has 1 saturated heterocycles. The van der Waals surface area contributed by atoms with Crippen molar-refractivity contribution in [2.24, 2.45) is 5.92 Å². The first kappa shape index (κ1) is 8.01. The lowest BCUT2D eigenvalue weighted by atomic mass is 9.81. The van der Waals surface area contributed by atoms with Crippen molar-refractivity contribution in [3.8, 4) is 0 Å². The van der Waals surface area contributed by atoms with Crippen molar-refractivity contribution in [2.75, 3.05) is 6.54 Å². The molecular formula is C8H14N2O2. The molecule has 0 aromatic rings. The molecule has 4 nitrogen and oxygen atoms in total. The zero-order valence-electron chi connectivity index (χ0n) is 6.97. The van der Waals surface area contributed by atoms with Crippen LogP contribution in [-0.4, -0.2) is 23.2 Å². The van der Waals surface area contributed by atoms with Crippen LogP contribution in [0.4, 0.5) is 0 Å². The van der Waals surface area contributed by atoms with Crippen LogP contribution in [0.3, 0.4) is 0 Å². The molecule has 1 heterocycles. The normalized spacial score (nSPS) is 39.6. The monoisotopic (exact) mass is 170 g/mol. The molecule has 12 heavy (non-hydrogen) atoms. The fourth-order valence-electron chi connectivity index (χ4n) is 2.12. The van der Waals surface area contributed by atoms with Gasteiger partial charge in [-0.15, -0.1) is 0 Å². The van der Waals surface area contributed by atoms with Crippen LogP contribution in [0.2, 0.25) is 0 Å². The highest BCUT2D eigenvalue weighted by molar-refractivity contribution is 5.77. The number of hydroxylamine groups is 1. The molecule has 2 rings (SSSR count). The number of nitrogens with one attached hydrogen (secondary N) is 2. The van der Waals surface area contributed by atoms with Crippen molar-refractivity contribution in [3.63, 3.8) is 0 Å². The lowest BCUT2D eigenvalue weighted by molar-refractivity contribution is -0.134. The summed E-state index contributed by atoms with van der Waals surface area (Å²) in [5, 5.41) is 11.8. The molecule has 2 atom stereocenters. The third-order valence-corrected chi connectivity index (χ3v) is 3.00. The third kappa shape index (κ3) is 1.32. The fraction of sp³-hybridized carbons (Fsp3) is 0.875. The molecule has 2 fully saturated rings. The van der Waals surface area contributed by atoms with Gasteiger partial charge < -0.3 is 5.32 Å². The zero-order chi connectivity index (χ0) is 8.60. The Bertz CT molecular complexity index is 201. The Kier molecular flexibility index (Phi) is 1.81. The molecule has 3 N–H and O–H groups in total. The van der Waals surface area contributed by atoms with Gasteiger partial charge in [-0.1, -0.05) is 6.42 Å². The van der Waals surface area contributed by atoms with E-state index in [1.807, 2.05) is 0 Å². The molecule has 2 aliphatic rings. The van der Waals surface area contributed by atoms with Gasteiger partial charge in [0.15, 0.2) is 0 Å². The van der Waals surface area contributed by atoms with Gasteiger partial charge in [0.2, 0.25) is 5.91 Å². The maximum atomic E-state index is 11.1. The minimum absolute atomic E-state index is 0.0127. The van der Waals surface area contributed by atoms with Gasteiger partial charge in [-0.25, -0.2) is 5.48 Å². The Balaban J connectivity index is 1.94. The molecule has 1 amide bonds. The van der Waals surface area contributed by atoms with E-state index in [2.05, 4.69) is 5.32 Å². The molecule has 1 aliphatic heterocycles. The summed E-state index contributed by atoms with van der Waals surface area (Å²) in [4.78, 5) is 11.1. The molecule has 4 heteroatoms. The summed E-state index contributed by atoms with van der Waals surface area (Å²) < 4.78 is 0. The summed E-state index contributed by atoms with van der Waals surface area (Å²) in [6, 6.07) is 0. The molecule has 68 valence electrons. The van der Waals surface area contributed by atoms with Gasteiger partial charge >= 0.3 is 0 Å². The largest absolute Gasteiger partial charge is 0.308 e. The van der Waals surface area contributed by atoms with Gasteiger partial charge in [-0.05, 0) is 19.3 Å². The highest BCUT2D eigenvalue weighted by Crippen LogP contribution is 2.38. The van der Waals surface area contributed by atoms with Crippen LogP contribution in [0.1, 0.15) is 25.7 Å². The topological polar surface area (TPSA) is 71.3 Å². The van der Waals surface area contributed by atoms with Crippen molar-refractivity contribution in [2.45, 2.75) is 31.2 Å². The van der Waals surface area contributed by atoms with Crippen LogP contribution < -0.4 is 10.8 Å². The summed E-state index contributed by atoms with van der Waals surface area (Å²) in [7, 11) is 0. The van der Waals surface area contributed by atoms with Crippen molar-refractivity contribution >= 4 is 5.91 Å². The second-order valence-corrected chi connectivity index (χ2v) is 3.90.